The van der Waals surface area contributed by atoms with E-state index in [0.717, 1.165) is 30.0 Å². The lowest BCUT2D eigenvalue weighted by Gasteiger charge is -2.29. The normalized spacial score (nSPS) is 27.9. The van der Waals surface area contributed by atoms with E-state index in [1.807, 2.05) is 0 Å². The molecule has 0 aromatic heterocycles. The average Bonchev–Trinajstić information content (AvgIpc) is 2.19. The molecule has 1 aliphatic rings. The number of nitrogens with one attached hydrogen (secondary N) is 1. The van der Waals surface area contributed by atoms with Gasteiger partial charge in [-0.3, -0.25) is 0 Å². The van der Waals surface area contributed by atoms with Crippen LogP contribution < -0.4 is 5.32 Å². The third-order valence-electron chi connectivity index (χ3n) is 2.77. The minimum Gasteiger partial charge on any atom is -0.396 e. The van der Waals surface area contributed by atoms with Crippen LogP contribution in [0.5, 0.6) is 0 Å². The van der Waals surface area contributed by atoms with Crippen LogP contribution in [-0.2, 0) is 0 Å². The summed E-state index contributed by atoms with van der Waals surface area (Å²) in [5.41, 5.74) is 0. The van der Waals surface area contributed by atoms with E-state index in [-0.39, 0.29) is 0 Å². The Balaban J connectivity index is 2.12. The van der Waals surface area contributed by atoms with Gasteiger partial charge in [0.1, 0.15) is 0 Å². The van der Waals surface area contributed by atoms with Crippen LogP contribution in [0.15, 0.2) is 0 Å². The highest BCUT2D eigenvalue weighted by Crippen LogP contribution is 2.28. The van der Waals surface area contributed by atoms with E-state index in [9.17, 15) is 0 Å². The summed E-state index contributed by atoms with van der Waals surface area (Å²) < 4.78 is 0. The first-order valence-electron chi connectivity index (χ1n) is 5.82. The van der Waals surface area contributed by atoms with E-state index in [0.29, 0.717) is 6.61 Å². The summed E-state index contributed by atoms with van der Waals surface area (Å²) in [5.74, 6) is 1.13. The molecule has 2 nitrogen and oxygen atoms in total. The van der Waals surface area contributed by atoms with Gasteiger partial charge in [0, 0.05) is 17.9 Å². The van der Waals surface area contributed by atoms with Gasteiger partial charge in [-0.1, -0.05) is 13.3 Å². The van der Waals surface area contributed by atoms with E-state index in [1.54, 1.807) is 0 Å². The summed E-state index contributed by atoms with van der Waals surface area (Å²) in [6, 6.07) is 0.750. The standard InChI is InChI=1S/C11H23NOS/c1-2-12-10-5-3-6-11(9-10)14-8-4-7-13/h10-13H,2-9H2,1H3. The first-order chi connectivity index (χ1) is 6.86. The van der Waals surface area contributed by atoms with E-state index in [4.69, 9.17) is 5.11 Å². The molecular formula is C11H23NOS. The van der Waals surface area contributed by atoms with Crippen molar-refractivity contribution in [3.05, 3.63) is 0 Å². The molecule has 0 heterocycles. The summed E-state index contributed by atoms with van der Waals surface area (Å²) in [5, 5.41) is 13.1. The quantitative estimate of drug-likeness (QED) is 0.668. The maximum absolute atomic E-state index is 8.71. The zero-order valence-corrected chi connectivity index (χ0v) is 9.98. The molecule has 0 amide bonds. The van der Waals surface area contributed by atoms with Gasteiger partial charge in [0.25, 0.3) is 0 Å². The highest BCUT2D eigenvalue weighted by atomic mass is 32.2. The lowest BCUT2D eigenvalue weighted by molar-refractivity contribution is 0.296. The molecule has 0 radical (unpaired) electrons. The Labute approximate surface area is 91.9 Å². The van der Waals surface area contributed by atoms with Crippen molar-refractivity contribution >= 4 is 11.8 Å². The van der Waals surface area contributed by atoms with Gasteiger partial charge < -0.3 is 10.4 Å². The van der Waals surface area contributed by atoms with Gasteiger partial charge in [-0.2, -0.15) is 11.8 Å². The molecule has 1 rings (SSSR count). The molecule has 0 bridgehead atoms. The summed E-state index contributed by atoms with van der Waals surface area (Å²) in [6.45, 7) is 3.62. The highest BCUT2D eigenvalue weighted by molar-refractivity contribution is 7.99. The van der Waals surface area contributed by atoms with Gasteiger partial charge >= 0.3 is 0 Å². The molecule has 0 saturated heterocycles. The molecule has 0 aromatic carbocycles. The molecule has 2 atom stereocenters. The van der Waals surface area contributed by atoms with Gasteiger partial charge in [-0.25, -0.2) is 0 Å². The minimum atomic E-state index is 0.344. The van der Waals surface area contributed by atoms with Gasteiger partial charge in [-0.05, 0) is 38.0 Å². The predicted molar refractivity (Wildman–Crippen MR) is 63.9 cm³/mol. The second kappa shape index (κ2) is 7.55. The van der Waals surface area contributed by atoms with Crippen LogP contribution in [0.3, 0.4) is 0 Å². The van der Waals surface area contributed by atoms with Crippen molar-refractivity contribution in [1.82, 2.24) is 5.32 Å². The molecule has 0 spiro atoms. The predicted octanol–water partition coefficient (Wildman–Crippen LogP) is 2.02. The van der Waals surface area contributed by atoms with Crippen molar-refractivity contribution < 1.29 is 5.11 Å². The molecule has 2 unspecified atom stereocenters. The van der Waals surface area contributed by atoms with Crippen LogP contribution in [0.2, 0.25) is 0 Å². The lowest BCUT2D eigenvalue weighted by Crippen LogP contribution is -2.34. The van der Waals surface area contributed by atoms with Crippen molar-refractivity contribution in [3.8, 4) is 0 Å². The first kappa shape index (κ1) is 12.3. The van der Waals surface area contributed by atoms with Crippen LogP contribution in [0.1, 0.15) is 39.0 Å². The van der Waals surface area contributed by atoms with Crippen molar-refractivity contribution in [2.75, 3.05) is 18.9 Å². The maximum atomic E-state index is 8.71. The van der Waals surface area contributed by atoms with Crippen molar-refractivity contribution in [1.29, 1.82) is 0 Å². The van der Waals surface area contributed by atoms with Gasteiger partial charge in [0.15, 0.2) is 0 Å². The zero-order valence-electron chi connectivity index (χ0n) is 9.17. The fourth-order valence-electron chi connectivity index (χ4n) is 2.08. The maximum Gasteiger partial charge on any atom is 0.0438 e. The topological polar surface area (TPSA) is 32.3 Å². The number of aliphatic hydroxyl groups is 1. The molecule has 0 aliphatic heterocycles. The highest BCUT2D eigenvalue weighted by Gasteiger charge is 2.20. The minimum absolute atomic E-state index is 0.344. The largest absolute Gasteiger partial charge is 0.396 e. The number of aliphatic hydroxyl groups excluding tert-OH is 1. The summed E-state index contributed by atoms with van der Waals surface area (Å²) in [6.07, 6.45) is 6.37. The van der Waals surface area contributed by atoms with E-state index in [1.165, 1.54) is 25.7 Å². The van der Waals surface area contributed by atoms with Crippen LogP contribution >= 0.6 is 11.8 Å². The van der Waals surface area contributed by atoms with Crippen LogP contribution in [0.25, 0.3) is 0 Å². The Kier molecular flexibility index (Phi) is 6.65. The fourth-order valence-corrected chi connectivity index (χ4v) is 3.42. The van der Waals surface area contributed by atoms with E-state index in [2.05, 4.69) is 24.0 Å². The Morgan fingerprint density at radius 2 is 2.29 bits per heavy atom. The zero-order chi connectivity index (χ0) is 10.2. The van der Waals surface area contributed by atoms with Crippen molar-refractivity contribution in [2.24, 2.45) is 0 Å². The molecule has 1 saturated carbocycles. The van der Waals surface area contributed by atoms with Crippen molar-refractivity contribution in [3.63, 3.8) is 0 Å². The monoisotopic (exact) mass is 217 g/mol. The smallest absolute Gasteiger partial charge is 0.0438 e. The summed E-state index contributed by atoms with van der Waals surface area (Å²) >= 11 is 2.05. The number of hydrogen-bond acceptors (Lipinski definition) is 3. The second-order valence-corrected chi connectivity index (χ2v) is 5.40. The SMILES string of the molecule is CCNC1CCCC(SCCCO)C1. The van der Waals surface area contributed by atoms with Crippen LogP contribution in [0, 0.1) is 0 Å². The molecule has 1 fully saturated rings. The number of rotatable bonds is 6. The second-order valence-electron chi connectivity index (χ2n) is 3.99. The summed E-state index contributed by atoms with van der Waals surface area (Å²) in [7, 11) is 0. The third-order valence-corrected chi connectivity index (χ3v) is 4.20. The molecule has 2 N–H and O–H groups in total. The molecule has 14 heavy (non-hydrogen) atoms. The van der Waals surface area contributed by atoms with Crippen LogP contribution in [0.4, 0.5) is 0 Å². The third kappa shape index (κ3) is 4.67. The Hall–Kier alpha value is 0.270. The Morgan fingerprint density at radius 3 is 3.00 bits per heavy atom. The van der Waals surface area contributed by atoms with E-state index < -0.39 is 0 Å². The molecular weight excluding hydrogens is 194 g/mol. The number of thioether (sulfide) groups is 1. The van der Waals surface area contributed by atoms with Crippen molar-refractivity contribution in [2.45, 2.75) is 50.3 Å². The number of hydrogen-bond donors (Lipinski definition) is 2. The fraction of sp³-hybridized carbons (Fsp3) is 1.00. The van der Waals surface area contributed by atoms with Crippen LogP contribution in [-0.4, -0.2) is 35.3 Å². The van der Waals surface area contributed by atoms with Gasteiger partial charge in [0.05, 0.1) is 0 Å². The average molecular weight is 217 g/mol. The van der Waals surface area contributed by atoms with E-state index >= 15 is 0 Å². The summed E-state index contributed by atoms with van der Waals surface area (Å²) in [4.78, 5) is 0. The molecule has 0 aromatic rings. The van der Waals surface area contributed by atoms with Gasteiger partial charge in [-0.15, -0.1) is 0 Å². The Bertz CT molecular complexity index is 141. The first-order valence-corrected chi connectivity index (χ1v) is 6.87. The molecule has 84 valence electrons. The Morgan fingerprint density at radius 1 is 1.43 bits per heavy atom. The van der Waals surface area contributed by atoms with Gasteiger partial charge in [0.2, 0.25) is 0 Å². The lowest BCUT2D eigenvalue weighted by atomic mass is 9.95. The molecule has 3 heteroatoms. The molecule has 1 aliphatic carbocycles.